The zero-order valence-electron chi connectivity index (χ0n) is 33.6. The van der Waals surface area contributed by atoms with Crippen LogP contribution in [0.5, 0.6) is 5.75 Å². The summed E-state index contributed by atoms with van der Waals surface area (Å²) in [6, 6.07) is 4.36. The number of carbonyl (C=O) groups excluding carboxylic acids is 5. The molecule has 314 valence electrons. The molecule has 0 spiro atoms. The summed E-state index contributed by atoms with van der Waals surface area (Å²) in [6.07, 6.45) is 14.2. The number of hydrogen-bond donors (Lipinski definition) is 5. The Morgan fingerprint density at radius 2 is 1.66 bits per heavy atom. The molecule has 0 bridgehead atoms. The summed E-state index contributed by atoms with van der Waals surface area (Å²) in [7, 11) is 0. The van der Waals surface area contributed by atoms with Crippen LogP contribution in [0, 0.1) is 0 Å². The van der Waals surface area contributed by atoms with E-state index in [-0.39, 0.29) is 56.5 Å². The molecular weight excluding hydrogens is 722 g/mol. The predicted molar refractivity (Wildman–Crippen MR) is 209 cm³/mol. The van der Waals surface area contributed by atoms with Crippen LogP contribution in [0.25, 0.3) is 0 Å². The zero-order chi connectivity index (χ0) is 40.9. The Hall–Kier alpha value is -4.24. The molecule has 1 aromatic carbocycles. The van der Waals surface area contributed by atoms with Crippen LogP contribution in [0.15, 0.2) is 29.3 Å². The number of esters is 1. The molecular formula is C41H65N5O10. The van der Waals surface area contributed by atoms with Gasteiger partial charge in [0.1, 0.15) is 30.5 Å². The standard InChI is InChI=1S/C41H65N5O10/c1-4-5-6-7-8-9-10-11-12-13-14-25-36(49)45(53)26-19-18-23-33(43-40(52)41(3)29-55-37(44-41)31-21-15-16-24-34(31)47)39(51)56-30(2)28-35(48)42-32-22-17-20-27-46(54)38(32)50/h15-16,21,24,30,32-33,47,53-54H,4-14,17-20,22-23,25-29H2,1-3H3,(H,42,48)(H,43,52)/t30-,32-,33+,41-/m0/s1. The Bertz CT molecular complexity index is 1460. The van der Waals surface area contributed by atoms with Crippen molar-refractivity contribution in [1.29, 1.82) is 0 Å². The van der Waals surface area contributed by atoms with Crippen molar-refractivity contribution in [1.82, 2.24) is 20.8 Å². The van der Waals surface area contributed by atoms with Crippen LogP contribution >= 0.6 is 0 Å². The highest BCUT2D eigenvalue weighted by molar-refractivity contribution is 6.02. The molecule has 1 fully saturated rings. The van der Waals surface area contributed by atoms with E-state index in [0.29, 0.717) is 54.2 Å². The second kappa shape index (κ2) is 24.4. The number of hydroxylamine groups is 4. The quantitative estimate of drug-likeness (QED) is 0.0353. The number of amides is 4. The SMILES string of the molecule is CCCCCCCCCCCCCC(=O)N(O)CCCC[C@@H](NC(=O)[C@]1(C)COC(c2ccccc2O)=N1)C(=O)O[C@@H](C)CC(=O)N[C@H]1CCCCN(O)C1=O. The highest BCUT2D eigenvalue weighted by Gasteiger charge is 2.42. The summed E-state index contributed by atoms with van der Waals surface area (Å²) in [5.74, 6) is -2.91. The van der Waals surface area contributed by atoms with Crippen molar-refractivity contribution in [3.8, 4) is 5.75 Å². The van der Waals surface area contributed by atoms with E-state index in [0.717, 1.165) is 19.3 Å². The van der Waals surface area contributed by atoms with Crippen LogP contribution in [0.1, 0.15) is 148 Å². The monoisotopic (exact) mass is 787 g/mol. The van der Waals surface area contributed by atoms with Crippen LogP contribution in [0.3, 0.4) is 0 Å². The molecule has 1 saturated heterocycles. The van der Waals surface area contributed by atoms with Crippen LogP contribution in [0.2, 0.25) is 0 Å². The molecule has 5 N–H and O–H groups in total. The largest absolute Gasteiger partial charge is 0.507 e. The van der Waals surface area contributed by atoms with E-state index in [4.69, 9.17) is 9.47 Å². The first-order valence-electron chi connectivity index (χ1n) is 20.7. The van der Waals surface area contributed by atoms with E-state index in [1.807, 2.05) is 0 Å². The van der Waals surface area contributed by atoms with E-state index in [1.54, 1.807) is 18.2 Å². The van der Waals surface area contributed by atoms with Crippen LogP contribution < -0.4 is 10.6 Å². The number of aliphatic imine (C=N–C) groups is 1. The number of rotatable bonds is 25. The average molecular weight is 788 g/mol. The lowest BCUT2D eigenvalue weighted by atomic mass is 10.0. The molecule has 0 aliphatic carbocycles. The molecule has 3 rings (SSSR count). The van der Waals surface area contributed by atoms with Gasteiger partial charge in [-0.05, 0) is 70.9 Å². The number of phenolic OH excluding ortho intramolecular Hbond substituents is 1. The maximum absolute atomic E-state index is 13.6. The number of nitrogens with one attached hydrogen (secondary N) is 2. The number of aromatic hydroxyl groups is 1. The summed E-state index contributed by atoms with van der Waals surface area (Å²) >= 11 is 0. The minimum atomic E-state index is -1.43. The lowest BCUT2D eigenvalue weighted by molar-refractivity contribution is -0.167. The first-order chi connectivity index (χ1) is 26.8. The highest BCUT2D eigenvalue weighted by Crippen LogP contribution is 2.26. The number of nitrogens with zero attached hydrogens (tertiary/aromatic N) is 3. The molecule has 4 atom stereocenters. The lowest BCUT2D eigenvalue weighted by Gasteiger charge is -2.25. The molecule has 2 aliphatic rings. The number of unbranched alkanes of at least 4 members (excludes halogenated alkanes) is 11. The van der Waals surface area contributed by atoms with Crippen molar-refractivity contribution in [3.63, 3.8) is 0 Å². The van der Waals surface area contributed by atoms with Crippen LogP contribution in [0.4, 0.5) is 0 Å². The number of carbonyl (C=O) groups is 5. The normalized spacial score (nSPS) is 19.3. The first kappa shape index (κ1) is 46.1. The van der Waals surface area contributed by atoms with E-state index in [2.05, 4.69) is 22.5 Å². The molecule has 0 unspecified atom stereocenters. The van der Waals surface area contributed by atoms with Crippen molar-refractivity contribution in [2.24, 2.45) is 4.99 Å². The fourth-order valence-corrected chi connectivity index (χ4v) is 6.77. The first-order valence-corrected chi connectivity index (χ1v) is 20.7. The second-order valence-electron chi connectivity index (χ2n) is 15.3. The van der Waals surface area contributed by atoms with Crippen molar-refractivity contribution in [3.05, 3.63) is 29.8 Å². The van der Waals surface area contributed by atoms with Gasteiger partial charge in [0.05, 0.1) is 12.0 Å². The Balaban J connectivity index is 1.51. The summed E-state index contributed by atoms with van der Waals surface area (Å²) in [5.41, 5.74) is -1.12. The minimum absolute atomic E-state index is 0.0497. The van der Waals surface area contributed by atoms with E-state index < -0.39 is 47.4 Å². The second-order valence-corrected chi connectivity index (χ2v) is 15.3. The topological polar surface area (TPSA) is 207 Å². The number of para-hydroxylation sites is 1. The molecule has 0 aromatic heterocycles. The van der Waals surface area contributed by atoms with Gasteiger partial charge in [0.15, 0.2) is 5.54 Å². The molecule has 0 radical (unpaired) electrons. The Morgan fingerprint density at radius 1 is 1.00 bits per heavy atom. The van der Waals surface area contributed by atoms with Crippen molar-refractivity contribution in [2.45, 2.75) is 166 Å². The molecule has 56 heavy (non-hydrogen) atoms. The number of hydrogen-bond acceptors (Lipinski definition) is 11. The molecule has 2 heterocycles. The maximum Gasteiger partial charge on any atom is 0.328 e. The number of benzene rings is 1. The van der Waals surface area contributed by atoms with Crippen LogP contribution in [-0.4, -0.2) is 105 Å². The third-order valence-corrected chi connectivity index (χ3v) is 10.2. The third kappa shape index (κ3) is 15.7. The van der Waals surface area contributed by atoms with Gasteiger partial charge in [-0.3, -0.25) is 29.6 Å². The smallest absolute Gasteiger partial charge is 0.328 e. The molecule has 15 nitrogen and oxygen atoms in total. The summed E-state index contributed by atoms with van der Waals surface area (Å²) in [6.45, 7) is 5.36. The Labute approximate surface area is 331 Å². The number of ether oxygens (including phenoxy) is 2. The summed E-state index contributed by atoms with van der Waals surface area (Å²) in [4.78, 5) is 69.2. The fourth-order valence-electron chi connectivity index (χ4n) is 6.77. The molecule has 2 aliphatic heterocycles. The van der Waals surface area contributed by atoms with Gasteiger partial charge in [-0.2, -0.15) is 0 Å². The van der Waals surface area contributed by atoms with Gasteiger partial charge in [-0.25, -0.2) is 19.9 Å². The van der Waals surface area contributed by atoms with Gasteiger partial charge in [-0.15, -0.1) is 0 Å². The predicted octanol–water partition coefficient (Wildman–Crippen LogP) is 5.71. The lowest BCUT2D eigenvalue weighted by Crippen LogP contribution is -2.52. The van der Waals surface area contributed by atoms with Crippen molar-refractivity contribution >= 4 is 35.5 Å². The molecule has 0 saturated carbocycles. The van der Waals surface area contributed by atoms with Gasteiger partial charge >= 0.3 is 5.97 Å². The van der Waals surface area contributed by atoms with Gasteiger partial charge in [0.2, 0.25) is 17.7 Å². The van der Waals surface area contributed by atoms with Crippen LogP contribution in [-0.2, 0) is 33.4 Å². The Morgan fingerprint density at radius 3 is 2.34 bits per heavy atom. The molecule has 4 amide bonds. The van der Waals surface area contributed by atoms with Crippen molar-refractivity contribution in [2.75, 3.05) is 19.7 Å². The van der Waals surface area contributed by atoms with E-state index in [9.17, 15) is 39.5 Å². The minimum Gasteiger partial charge on any atom is -0.507 e. The number of phenols is 1. The maximum atomic E-state index is 13.6. The zero-order valence-corrected chi connectivity index (χ0v) is 33.6. The van der Waals surface area contributed by atoms with Crippen molar-refractivity contribution < 1.29 is 49.0 Å². The summed E-state index contributed by atoms with van der Waals surface area (Å²) in [5, 5.41) is 37.2. The molecule has 1 aromatic rings. The van der Waals surface area contributed by atoms with Gasteiger partial charge in [-0.1, -0.05) is 83.3 Å². The van der Waals surface area contributed by atoms with Gasteiger partial charge < -0.3 is 25.2 Å². The Kier molecular flexibility index (Phi) is 20.1. The van der Waals surface area contributed by atoms with Gasteiger partial charge in [0, 0.05) is 19.5 Å². The fraction of sp³-hybridized carbons (Fsp3) is 0.707. The van der Waals surface area contributed by atoms with E-state index >= 15 is 0 Å². The van der Waals surface area contributed by atoms with Gasteiger partial charge in [0.25, 0.3) is 11.8 Å². The molecule has 15 heteroatoms. The average Bonchev–Trinajstić information content (AvgIpc) is 3.50. The van der Waals surface area contributed by atoms with E-state index in [1.165, 1.54) is 64.9 Å². The third-order valence-electron chi connectivity index (χ3n) is 10.2. The summed E-state index contributed by atoms with van der Waals surface area (Å²) < 4.78 is 11.3. The highest BCUT2D eigenvalue weighted by atomic mass is 16.5.